The van der Waals surface area contributed by atoms with E-state index in [2.05, 4.69) is 10.1 Å². The van der Waals surface area contributed by atoms with E-state index in [4.69, 9.17) is 24.1 Å². The molecule has 4 rings (SSSR count). The maximum absolute atomic E-state index is 9.48. The van der Waals surface area contributed by atoms with E-state index < -0.39 is 18.8 Å². The first-order chi connectivity index (χ1) is 14.5. The third-order valence-corrected chi connectivity index (χ3v) is 4.89. The zero-order valence-electron chi connectivity index (χ0n) is 16.5. The molecule has 0 unspecified atom stereocenters. The van der Waals surface area contributed by atoms with Crippen LogP contribution in [0.1, 0.15) is 5.76 Å². The van der Waals surface area contributed by atoms with E-state index in [0.29, 0.717) is 45.7 Å². The van der Waals surface area contributed by atoms with Crippen molar-refractivity contribution in [2.75, 3.05) is 27.4 Å². The number of benzene rings is 2. The van der Waals surface area contributed by atoms with Gasteiger partial charge in [-0.15, -0.1) is 0 Å². The normalized spacial score (nSPS) is 11.8. The van der Waals surface area contributed by atoms with Crippen LogP contribution in [-0.4, -0.2) is 47.8 Å². The van der Waals surface area contributed by atoms with E-state index in [1.165, 1.54) is 0 Å². The molecule has 0 aliphatic rings. The molecule has 4 aromatic rings. The molecular weight excluding hydrogens is 390 g/mol. The standard InChI is InChI=1S/C21H21N3O6/c1-27-15-6-5-14(8-17(15)28-2)20-23-19(24-30-20)13-4-3-12-9-18(29-16(12)7-13)21(22,10-25)11-26/h3-9,25-26H,10-11,22H2,1-2H3. The van der Waals surface area contributed by atoms with E-state index in [-0.39, 0.29) is 0 Å². The molecule has 0 atom stereocenters. The summed E-state index contributed by atoms with van der Waals surface area (Å²) in [6.07, 6.45) is 0. The van der Waals surface area contributed by atoms with Gasteiger partial charge in [0.15, 0.2) is 11.5 Å². The lowest BCUT2D eigenvalue weighted by Gasteiger charge is -2.21. The molecule has 4 N–H and O–H groups in total. The number of aromatic nitrogens is 2. The van der Waals surface area contributed by atoms with Gasteiger partial charge >= 0.3 is 0 Å². The van der Waals surface area contributed by atoms with Crippen molar-refractivity contribution in [1.29, 1.82) is 0 Å². The van der Waals surface area contributed by atoms with Crippen molar-refractivity contribution in [3.63, 3.8) is 0 Å². The zero-order valence-corrected chi connectivity index (χ0v) is 16.5. The van der Waals surface area contributed by atoms with Crippen LogP contribution in [0.5, 0.6) is 11.5 Å². The number of methoxy groups -OCH3 is 2. The first-order valence-electron chi connectivity index (χ1n) is 9.12. The fourth-order valence-electron chi connectivity index (χ4n) is 3.05. The minimum atomic E-state index is -1.36. The van der Waals surface area contributed by atoms with Gasteiger partial charge in [-0.1, -0.05) is 17.3 Å². The number of hydrogen-bond acceptors (Lipinski definition) is 9. The smallest absolute Gasteiger partial charge is 0.258 e. The molecule has 0 saturated heterocycles. The predicted octanol–water partition coefficient (Wildman–Crippen LogP) is 2.31. The second kappa shape index (κ2) is 7.79. The van der Waals surface area contributed by atoms with Crippen molar-refractivity contribution in [2.24, 2.45) is 5.73 Å². The Labute approximate surface area is 171 Å². The fourth-order valence-corrected chi connectivity index (χ4v) is 3.05. The Kier molecular flexibility index (Phi) is 5.17. The van der Waals surface area contributed by atoms with E-state index in [1.807, 2.05) is 12.1 Å². The van der Waals surface area contributed by atoms with Crippen LogP contribution in [0.3, 0.4) is 0 Å². The van der Waals surface area contributed by atoms with E-state index in [0.717, 1.165) is 5.39 Å². The van der Waals surface area contributed by atoms with Gasteiger partial charge in [-0.25, -0.2) is 0 Å². The molecule has 0 bridgehead atoms. The number of furan rings is 1. The minimum Gasteiger partial charge on any atom is -0.493 e. The van der Waals surface area contributed by atoms with Crippen molar-refractivity contribution >= 4 is 11.0 Å². The lowest BCUT2D eigenvalue weighted by molar-refractivity contribution is 0.105. The Morgan fingerprint density at radius 1 is 0.967 bits per heavy atom. The van der Waals surface area contributed by atoms with Crippen molar-refractivity contribution in [1.82, 2.24) is 10.1 Å². The van der Waals surface area contributed by atoms with Crippen molar-refractivity contribution in [2.45, 2.75) is 5.54 Å². The molecule has 9 nitrogen and oxygen atoms in total. The molecule has 0 amide bonds. The maximum Gasteiger partial charge on any atom is 0.258 e. The van der Waals surface area contributed by atoms with E-state index >= 15 is 0 Å². The fraction of sp³-hybridized carbons (Fsp3) is 0.238. The number of rotatable bonds is 7. The topological polar surface area (TPSA) is 137 Å². The molecule has 0 fully saturated rings. The molecule has 30 heavy (non-hydrogen) atoms. The average molecular weight is 411 g/mol. The van der Waals surface area contributed by atoms with Gasteiger partial charge in [-0.05, 0) is 30.3 Å². The summed E-state index contributed by atoms with van der Waals surface area (Å²) in [7, 11) is 3.12. The van der Waals surface area contributed by atoms with Crippen molar-refractivity contribution in [3.8, 4) is 34.3 Å². The van der Waals surface area contributed by atoms with Crippen molar-refractivity contribution < 1.29 is 28.6 Å². The van der Waals surface area contributed by atoms with Crippen LogP contribution in [0.15, 0.2) is 51.4 Å². The van der Waals surface area contributed by atoms with Crippen LogP contribution in [0, 0.1) is 0 Å². The Bertz CT molecular complexity index is 1180. The largest absolute Gasteiger partial charge is 0.493 e. The second-order valence-corrected chi connectivity index (χ2v) is 6.83. The second-order valence-electron chi connectivity index (χ2n) is 6.83. The number of nitrogens with two attached hydrogens (primary N) is 1. The number of fused-ring (bicyclic) bond motifs is 1. The summed E-state index contributed by atoms with van der Waals surface area (Å²) in [5.41, 5.74) is 6.52. The molecule has 2 aromatic carbocycles. The van der Waals surface area contributed by atoms with Gasteiger partial charge in [0.25, 0.3) is 5.89 Å². The van der Waals surface area contributed by atoms with Gasteiger partial charge in [-0.2, -0.15) is 4.98 Å². The van der Waals surface area contributed by atoms with E-state index in [9.17, 15) is 10.2 Å². The van der Waals surface area contributed by atoms with Crippen LogP contribution < -0.4 is 15.2 Å². The minimum absolute atomic E-state index is 0.291. The van der Waals surface area contributed by atoms with Gasteiger partial charge in [-0.3, -0.25) is 0 Å². The molecule has 2 heterocycles. The number of nitrogens with zero attached hydrogens (tertiary/aromatic N) is 2. The van der Waals surface area contributed by atoms with Gasteiger partial charge in [0, 0.05) is 16.5 Å². The first kappa shape index (κ1) is 19.9. The number of hydrogen-bond donors (Lipinski definition) is 3. The highest BCUT2D eigenvalue weighted by Gasteiger charge is 2.30. The molecule has 0 aliphatic heterocycles. The average Bonchev–Trinajstić information content (AvgIpc) is 3.45. The SMILES string of the molecule is COc1ccc(-c2nc(-c3ccc4cc(C(N)(CO)CO)oc4c3)no2)cc1OC. The predicted molar refractivity (Wildman–Crippen MR) is 108 cm³/mol. The number of aliphatic hydroxyl groups is 2. The van der Waals surface area contributed by atoms with Crippen LogP contribution in [-0.2, 0) is 5.54 Å². The lowest BCUT2D eigenvalue weighted by Crippen LogP contribution is -2.43. The molecule has 0 saturated carbocycles. The Balaban J connectivity index is 1.68. The molecule has 0 spiro atoms. The van der Waals surface area contributed by atoms with Crippen LogP contribution >= 0.6 is 0 Å². The molecule has 156 valence electrons. The Morgan fingerprint density at radius 2 is 1.70 bits per heavy atom. The Hall–Kier alpha value is -3.40. The molecule has 0 radical (unpaired) electrons. The summed E-state index contributed by atoms with van der Waals surface area (Å²) in [5, 5.41) is 23.8. The quantitative estimate of drug-likeness (QED) is 0.418. The van der Waals surface area contributed by atoms with Gasteiger partial charge < -0.3 is 34.4 Å². The summed E-state index contributed by atoms with van der Waals surface area (Å²) in [5.74, 6) is 2.15. The third kappa shape index (κ3) is 3.39. The van der Waals surface area contributed by atoms with Crippen LogP contribution in [0.2, 0.25) is 0 Å². The summed E-state index contributed by atoms with van der Waals surface area (Å²) in [6, 6.07) is 12.4. The highest BCUT2D eigenvalue weighted by atomic mass is 16.5. The molecular formula is C21H21N3O6. The van der Waals surface area contributed by atoms with Crippen molar-refractivity contribution in [3.05, 3.63) is 48.2 Å². The summed E-state index contributed by atoms with van der Waals surface area (Å²) >= 11 is 0. The number of aliphatic hydroxyl groups excluding tert-OH is 2. The maximum atomic E-state index is 9.48. The van der Waals surface area contributed by atoms with Gasteiger partial charge in [0.1, 0.15) is 16.9 Å². The van der Waals surface area contributed by atoms with Crippen LogP contribution in [0.4, 0.5) is 0 Å². The van der Waals surface area contributed by atoms with Gasteiger partial charge in [0.2, 0.25) is 5.82 Å². The lowest BCUT2D eigenvalue weighted by atomic mass is 10.00. The third-order valence-electron chi connectivity index (χ3n) is 4.89. The van der Waals surface area contributed by atoms with Crippen LogP contribution in [0.25, 0.3) is 33.8 Å². The highest BCUT2D eigenvalue weighted by Crippen LogP contribution is 2.33. The molecule has 0 aliphatic carbocycles. The zero-order chi connectivity index (χ0) is 21.3. The molecule has 2 aromatic heterocycles. The Morgan fingerprint density at radius 3 is 2.40 bits per heavy atom. The summed E-state index contributed by atoms with van der Waals surface area (Å²) in [6.45, 7) is -0.897. The highest BCUT2D eigenvalue weighted by molar-refractivity contribution is 5.83. The molecule has 9 heteroatoms. The van der Waals surface area contributed by atoms with Gasteiger partial charge in [0.05, 0.1) is 27.4 Å². The first-order valence-corrected chi connectivity index (χ1v) is 9.12. The number of ether oxygens (including phenoxy) is 2. The summed E-state index contributed by atoms with van der Waals surface area (Å²) < 4.78 is 21.7. The summed E-state index contributed by atoms with van der Waals surface area (Å²) in [4.78, 5) is 4.46. The monoisotopic (exact) mass is 411 g/mol. The van der Waals surface area contributed by atoms with E-state index in [1.54, 1.807) is 44.6 Å².